The summed E-state index contributed by atoms with van der Waals surface area (Å²) in [6.45, 7) is 6.66. The lowest BCUT2D eigenvalue weighted by Gasteiger charge is -2.43. The maximum Gasteiger partial charge on any atom is 0.0866 e. The van der Waals surface area contributed by atoms with Crippen molar-refractivity contribution in [1.29, 1.82) is 0 Å². The van der Waals surface area contributed by atoms with Crippen LogP contribution in [0.4, 0.5) is 0 Å². The molecule has 1 aromatic rings. The van der Waals surface area contributed by atoms with Crippen LogP contribution in [0.15, 0.2) is 42.5 Å². The Balaban J connectivity index is 1.78. The van der Waals surface area contributed by atoms with Crippen LogP contribution < -0.4 is 0 Å². The second-order valence-corrected chi connectivity index (χ2v) is 5.96. The number of fused-ring (bicyclic) bond motifs is 1. The van der Waals surface area contributed by atoms with Gasteiger partial charge in [0.25, 0.3) is 0 Å². The predicted octanol–water partition coefficient (Wildman–Crippen LogP) is 4.51. The topological polar surface area (TPSA) is 9.23 Å². The summed E-state index contributed by atoms with van der Waals surface area (Å²) < 4.78 is 6.36. The molecule has 1 aliphatic carbocycles. The van der Waals surface area contributed by atoms with E-state index in [1.54, 1.807) is 0 Å². The molecule has 1 aliphatic heterocycles. The number of benzene rings is 1. The van der Waals surface area contributed by atoms with Crippen LogP contribution in [0.1, 0.15) is 44.3 Å². The van der Waals surface area contributed by atoms with Gasteiger partial charge < -0.3 is 4.74 Å². The van der Waals surface area contributed by atoms with Crippen molar-refractivity contribution >= 4 is 0 Å². The Morgan fingerprint density at radius 1 is 1.17 bits per heavy atom. The Hall–Kier alpha value is -1.08. The molecular formula is C17H22O. The van der Waals surface area contributed by atoms with E-state index in [-0.39, 0.29) is 6.10 Å². The maximum absolute atomic E-state index is 6.36. The van der Waals surface area contributed by atoms with Gasteiger partial charge in [0.2, 0.25) is 0 Å². The van der Waals surface area contributed by atoms with Gasteiger partial charge in [-0.1, -0.05) is 49.4 Å². The monoisotopic (exact) mass is 242 g/mol. The zero-order chi connectivity index (χ0) is 12.5. The van der Waals surface area contributed by atoms with Crippen molar-refractivity contribution in [3.05, 3.63) is 48.0 Å². The van der Waals surface area contributed by atoms with Gasteiger partial charge in [-0.2, -0.15) is 0 Å². The smallest absolute Gasteiger partial charge is 0.0866 e. The minimum Gasteiger partial charge on any atom is -0.369 e. The molecule has 0 spiro atoms. The molecule has 1 aromatic carbocycles. The average molecular weight is 242 g/mol. The molecule has 2 fully saturated rings. The van der Waals surface area contributed by atoms with Crippen LogP contribution in [0.5, 0.6) is 0 Å². The van der Waals surface area contributed by atoms with Crippen LogP contribution >= 0.6 is 0 Å². The molecule has 0 aromatic heterocycles. The molecule has 1 saturated heterocycles. The lowest BCUT2D eigenvalue weighted by molar-refractivity contribution is -0.0857. The van der Waals surface area contributed by atoms with Crippen LogP contribution in [0.2, 0.25) is 0 Å². The van der Waals surface area contributed by atoms with E-state index in [1.165, 1.54) is 30.4 Å². The molecule has 2 aliphatic rings. The fourth-order valence-electron chi connectivity index (χ4n) is 3.46. The Bertz CT molecular complexity index is 422. The summed E-state index contributed by atoms with van der Waals surface area (Å²) in [4.78, 5) is 0. The van der Waals surface area contributed by atoms with Crippen LogP contribution in [0.3, 0.4) is 0 Å². The average Bonchev–Trinajstić information content (AvgIpc) is 2.39. The Labute approximate surface area is 110 Å². The first-order valence-corrected chi connectivity index (χ1v) is 7.12. The van der Waals surface area contributed by atoms with Gasteiger partial charge in [0.15, 0.2) is 0 Å². The number of hydrogen-bond acceptors (Lipinski definition) is 1. The van der Waals surface area contributed by atoms with Crippen molar-refractivity contribution in [2.45, 2.75) is 44.8 Å². The predicted molar refractivity (Wildman–Crippen MR) is 74.3 cm³/mol. The van der Waals surface area contributed by atoms with Crippen LogP contribution in [-0.4, -0.2) is 6.10 Å². The summed E-state index contributed by atoms with van der Waals surface area (Å²) in [6.07, 6.45) is 5.43. The highest BCUT2D eigenvalue weighted by Gasteiger charge is 2.37. The van der Waals surface area contributed by atoms with Gasteiger partial charge in [0, 0.05) is 5.92 Å². The quantitative estimate of drug-likeness (QED) is 0.658. The van der Waals surface area contributed by atoms with Crippen LogP contribution in [-0.2, 0) is 4.74 Å². The molecular weight excluding hydrogens is 220 g/mol. The summed E-state index contributed by atoms with van der Waals surface area (Å²) in [6, 6.07) is 10.6. The summed E-state index contributed by atoms with van der Waals surface area (Å²) in [5.41, 5.74) is 2.71. The van der Waals surface area contributed by atoms with E-state index in [2.05, 4.69) is 43.8 Å². The lowest BCUT2D eigenvalue weighted by Crippen LogP contribution is -2.37. The van der Waals surface area contributed by atoms with E-state index in [1.807, 2.05) is 0 Å². The molecule has 1 nitrogen and oxygen atoms in total. The molecule has 4 atom stereocenters. The third kappa shape index (κ3) is 2.24. The first kappa shape index (κ1) is 12.0. The largest absolute Gasteiger partial charge is 0.369 e. The van der Waals surface area contributed by atoms with E-state index in [0.717, 1.165) is 12.3 Å². The van der Waals surface area contributed by atoms with Crippen molar-refractivity contribution in [3.8, 4) is 0 Å². The second kappa shape index (κ2) is 4.89. The minimum absolute atomic E-state index is 0.227. The molecule has 0 amide bonds. The van der Waals surface area contributed by atoms with Gasteiger partial charge in [0.05, 0.1) is 12.2 Å². The maximum atomic E-state index is 6.36. The minimum atomic E-state index is 0.227. The summed E-state index contributed by atoms with van der Waals surface area (Å²) >= 11 is 0. The molecule has 0 unspecified atom stereocenters. The Kier molecular flexibility index (Phi) is 3.25. The van der Waals surface area contributed by atoms with Gasteiger partial charge in [-0.3, -0.25) is 0 Å². The summed E-state index contributed by atoms with van der Waals surface area (Å²) in [5, 5.41) is 0. The molecule has 1 saturated carbocycles. The zero-order valence-electron chi connectivity index (χ0n) is 11.1. The first-order chi connectivity index (χ1) is 8.74. The standard InChI is InChI=1S/C17H22O/c1-12-8-9-15-13(2)11-16(18-17(15)10-12)14-6-4-3-5-7-14/h3-7,12,15-17H,2,8-11H2,1H3/t12-,15-,16+,17+/m0/s1. The third-order valence-electron chi connectivity index (χ3n) is 4.54. The molecule has 1 heterocycles. The van der Waals surface area contributed by atoms with Crippen molar-refractivity contribution in [1.82, 2.24) is 0 Å². The van der Waals surface area contributed by atoms with Crippen LogP contribution in [0, 0.1) is 11.8 Å². The van der Waals surface area contributed by atoms with Crippen molar-refractivity contribution in [3.63, 3.8) is 0 Å². The van der Waals surface area contributed by atoms with E-state index in [4.69, 9.17) is 4.74 Å². The van der Waals surface area contributed by atoms with Gasteiger partial charge in [-0.25, -0.2) is 0 Å². The molecule has 0 bridgehead atoms. The highest BCUT2D eigenvalue weighted by atomic mass is 16.5. The first-order valence-electron chi connectivity index (χ1n) is 7.12. The van der Waals surface area contributed by atoms with Crippen molar-refractivity contribution in [2.24, 2.45) is 11.8 Å². The van der Waals surface area contributed by atoms with E-state index >= 15 is 0 Å². The normalized spacial score (nSPS) is 36.2. The fourth-order valence-corrected chi connectivity index (χ4v) is 3.46. The van der Waals surface area contributed by atoms with Crippen LogP contribution in [0.25, 0.3) is 0 Å². The molecule has 18 heavy (non-hydrogen) atoms. The van der Waals surface area contributed by atoms with Gasteiger partial charge >= 0.3 is 0 Å². The highest BCUT2D eigenvalue weighted by molar-refractivity contribution is 5.22. The molecule has 96 valence electrons. The van der Waals surface area contributed by atoms with Gasteiger partial charge in [-0.05, 0) is 37.2 Å². The van der Waals surface area contributed by atoms with Gasteiger partial charge in [0.1, 0.15) is 0 Å². The second-order valence-electron chi connectivity index (χ2n) is 5.96. The number of ether oxygens (including phenoxy) is 1. The molecule has 3 rings (SSSR count). The van der Waals surface area contributed by atoms with E-state index < -0.39 is 0 Å². The van der Waals surface area contributed by atoms with Gasteiger partial charge in [-0.15, -0.1) is 0 Å². The fraction of sp³-hybridized carbons (Fsp3) is 0.529. The van der Waals surface area contributed by atoms with Crippen molar-refractivity contribution < 1.29 is 4.74 Å². The van der Waals surface area contributed by atoms with E-state index in [9.17, 15) is 0 Å². The molecule has 0 radical (unpaired) electrons. The lowest BCUT2D eigenvalue weighted by atomic mass is 9.74. The van der Waals surface area contributed by atoms with E-state index in [0.29, 0.717) is 12.0 Å². The summed E-state index contributed by atoms with van der Waals surface area (Å²) in [5.74, 6) is 1.41. The molecule has 0 N–H and O–H groups in total. The summed E-state index contributed by atoms with van der Waals surface area (Å²) in [7, 11) is 0. The third-order valence-corrected chi connectivity index (χ3v) is 4.54. The Morgan fingerprint density at radius 2 is 1.94 bits per heavy atom. The van der Waals surface area contributed by atoms with Crippen molar-refractivity contribution in [2.75, 3.05) is 0 Å². The Morgan fingerprint density at radius 3 is 2.72 bits per heavy atom. The number of hydrogen-bond donors (Lipinski definition) is 0. The molecule has 1 heteroatoms. The highest BCUT2D eigenvalue weighted by Crippen LogP contribution is 2.44. The SMILES string of the molecule is C=C1C[C@H](c2ccccc2)O[C@@H]2C[C@@H](C)CC[C@@H]12. The number of rotatable bonds is 1. The zero-order valence-corrected chi connectivity index (χ0v) is 11.1.